The molecule has 0 aliphatic rings. The van der Waals surface area contributed by atoms with Crippen LogP contribution in [-0.4, -0.2) is 35.8 Å². The molecule has 0 aromatic heterocycles. The fourth-order valence-corrected chi connectivity index (χ4v) is 2.41. The molecule has 5 heteroatoms. The number of thioether (sulfide) groups is 1. The summed E-state index contributed by atoms with van der Waals surface area (Å²) in [5.74, 6) is 1.94. The molecule has 0 spiro atoms. The first-order chi connectivity index (χ1) is 7.67. The van der Waals surface area contributed by atoms with Crippen molar-refractivity contribution < 1.29 is 14.9 Å². The van der Waals surface area contributed by atoms with Gasteiger partial charge in [0.25, 0.3) is 0 Å². The average molecular weight is 263 g/mol. The van der Waals surface area contributed by atoms with Crippen molar-refractivity contribution in [3.05, 3.63) is 28.8 Å². The predicted octanol–water partition coefficient (Wildman–Crippen LogP) is 1.93. The molecule has 0 saturated carbocycles. The van der Waals surface area contributed by atoms with Gasteiger partial charge in [0.05, 0.1) is 19.8 Å². The van der Waals surface area contributed by atoms with Gasteiger partial charge in [-0.1, -0.05) is 17.7 Å². The molecular formula is C11H15ClO3S. The van der Waals surface area contributed by atoms with Gasteiger partial charge in [0.1, 0.15) is 5.75 Å². The summed E-state index contributed by atoms with van der Waals surface area (Å²) in [5.41, 5.74) is 0.998. The van der Waals surface area contributed by atoms with Crippen LogP contribution in [0.1, 0.15) is 5.56 Å². The van der Waals surface area contributed by atoms with E-state index in [9.17, 15) is 0 Å². The molecule has 0 bridgehead atoms. The van der Waals surface area contributed by atoms with Crippen molar-refractivity contribution in [2.24, 2.45) is 0 Å². The lowest BCUT2D eigenvalue weighted by atomic mass is 10.2. The maximum atomic E-state index is 9.16. The van der Waals surface area contributed by atoms with Gasteiger partial charge in [-0.05, 0) is 17.7 Å². The van der Waals surface area contributed by atoms with Crippen LogP contribution in [0.25, 0.3) is 0 Å². The Hall–Kier alpha value is -0.420. The minimum Gasteiger partial charge on any atom is -0.497 e. The lowest BCUT2D eigenvalue weighted by Gasteiger charge is -2.08. The van der Waals surface area contributed by atoms with Crippen LogP contribution in [0.5, 0.6) is 5.75 Å². The van der Waals surface area contributed by atoms with Crippen LogP contribution >= 0.6 is 23.4 Å². The Kier molecular flexibility index (Phi) is 5.98. The highest BCUT2D eigenvalue weighted by Crippen LogP contribution is 2.25. The van der Waals surface area contributed by atoms with E-state index >= 15 is 0 Å². The van der Waals surface area contributed by atoms with Gasteiger partial charge in [0, 0.05) is 16.5 Å². The van der Waals surface area contributed by atoms with Crippen LogP contribution in [0.15, 0.2) is 18.2 Å². The lowest BCUT2D eigenvalue weighted by Crippen LogP contribution is -2.14. The van der Waals surface area contributed by atoms with Crippen molar-refractivity contribution in [1.29, 1.82) is 0 Å². The summed E-state index contributed by atoms with van der Waals surface area (Å²) in [6.45, 7) is -0.205. The molecule has 0 aliphatic heterocycles. The second-order valence-corrected chi connectivity index (χ2v) is 4.75. The molecule has 16 heavy (non-hydrogen) atoms. The molecule has 2 N–H and O–H groups in total. The van der Waals surface area contributed by atoms with Crippen LogP contribution in [-0.2, 0) is 5.75 Å². The Morgan fingerprint density at radius 2 is 2.25 bits per heavy atom. The van der Waals surface area contributed by atoms with Crippen molar-refractivity contribution >= 4 is 23.4 Å². The third kappa shape index (κ3) is 4.22. The van der Waals surface area contributed by atoms with E-state index in [1.54, 1.807) is 13.2 Å². The molecule has 3 nitrogen and oxygen atoms in total. The van der Waals surface area contributed by atoms with Crippen LogP contribution in [0.3, 0.4) is 0 Å². The monoisotopic (exact) mass is 262 g/mol. The zero-order valence-electron chi connectivity index (χ0n) is 9.02. The zero-order valence-corrected chi connectivity index (χ0v) is 10.6. The topological polar surface area (TPSA) is 49.7 Å². The number of rotatable bonds is 6. The number of aliphatic hydroxyl groups is 2. The van der Waals surface area contributed by atoms with Gasteiger partial charge in [0.15, 0.2) is 0 Å². The molecule has 0 heterocycles. The van der Waals surface area contributed by atoms with Gasteiger partial charge in [0.2, 0.25) is 0 Å². The predicted molar refractivity (Wildman–Crippen MR) is 67.3 cm³/mol. The summed E-state index contributed by atoms with van der Waals surface area (Å²) in [4.78, 5) is 0. The molecule has 1 rings (SSSR count). The smallest absolute Gasteiger partial charge is 0.120 e. The fraction of sp³-hybridized carbons (Fsp3) is 0.455. The zero-order chi connectivity index (χ0) is 12.0. The van der Waals surface area contributed by atoms with E-state index in [0.29, 0.717) is 16.5 Å². The van der Waals surface area contributed by atoms with Gasteiger partial charge in [-0.2, -0.15) is 11.8 Å². The number of hydrogen-bond acceptors (Lipinski definition) is 4. The highest BCUT2D eigenvalue weighted by Gasteiger charge is 2.05. The Balaban J connectivity index is 2.48. The number of halogens is 1. The van der Waals surface area contributed by atoms with E-state index in [0.717, 1.165) is 11.3 Å². The Morgan fingerprint density at radius 1 is 1.50 bits per heavy atom. The molecule has 1 atom stereocenters. The molecule has 0 amide bonds. The first kappa shape index (κ1) is 13.6. The molecule has 90 valence electrons. The van der Waals surface area contributed by atoms with Gasteiger partial charge < -0.3 is 14.9 Å². The first-order valence-corrected chi connectivity index (χ1v) is 6.39. The Bertz CT molecular complexity index is 333. The van der Waals surface area contributed by atoms with Crippen molar-refractivity contribution in [2.45, 2.75) is 11.9 Å². The molecule has 0 radical (unpaired) electrons. The molecule has 0 saturated heterocycles. The van der Waals surface area contributed by atoms with Gasteiger partial charge in [-0.3, -0.25) is 0 Å². The minimum atomic E-state index is -0.665. The second kappa shape index (κ2) is 7.01. The number of methoxy groups -OCH3 is 1. The Labute approximate surface area is 104 Å². The van der Waals surface area contributed by atoms with E-state index in [1.165, 1.54) is 11.8 Å². The van der Waals surface area contributed by atoms with Gasteiger partial charge in [-0.15, -0.1) is 0 Å². The molecule has 0 aliphatic carbocycles. The van der Waals surface area contributed by atoms with Crippen LogP contribution < -0.4 is 4.74 Å². The maximum absolute atomic E-state index is 9.16. The van der Waals surface area contributed by atoms with Crippen molar-refractivity contribution in [1.82, 2.24) is 0 Å². The van der Waals surface area contributed by atoms with Crippen molar-refractivity contribution in [2.75, 3.05) is 19.5 Å². The largest absolute Gasteiger partial charge is 0.497 e. The summed E-state index contributed by atoms with van der Waals surface area (Å²) >= 11 is 7.58. The molecular weight excluding hydrogens is 248 g/mol. The third-order valence-electron chi connectivity index (χ3n) is 2.04. The normalized spacial score (nSPS) is 12.5. The molecule has 1 unspecified atom stereocenters. The lowest BCUT2D eigenvalue weighted by molar-refractivity contribution is 0.113. The Morgan fingerprint density at radius 3 is 2.81 bits per heavy atom. The fourth-order valence-electron chi connectivity index (χ4n) is 1.13. The van der Waals surface area contributed by atoms with Crippen molar-refractivity contribution in [3.8, 4) is 5.75 Å². The third-order valence-corrected chi connectivity index (χ3v) is 3.53. The maximum Gasteiger partial charge on any atom is 0.120 e. The second-order valence-electron chi connectivity index (χ2n) is 3.31. The van der Waals surface area contributed by atoms with Gasteiger partial charge in [-0.25, -0.2) is 0 Å². The standard InChI is InChI=1S/C11H15ClO3S/c1-15-10-3-2-8(11(12)4-10)6-16-7-9(14)5-13/h2-4,9,13-14H,5-7H2,1H3. The summed E-state index contributed by atoms with van der Waals surface area (Å²) in [6, 6.07) is 5.52. The van der Waals surface area contributed by atoms with E-state index in [2.05, 4.69) is 0 Å². The molecule has 1 aromatic carbocycles. The van der Waals surface area contributed by atoms with Crippen LogP contribution in [0.2, 0.25) is 5.02 Å². The highest BCUT2D eigenvalue weighted by atomic mass is 35.5. The van der Waals surface area contributed by atoms with E-state index in [1.807, 2.05) is 12.1 Å². The SMILES string of the molecule is COc1ccc(CSCC(O)CO)c(Cl)c1. The van der Waals surface area contributed by atoms with E-state index in [4.69, 9.17) is 26.6 Å². The summed E-state index contributed by atoms with van der Waals surface area (Å²) < 4.78 is 5.05. The molecule has 1 aromatic rings. The quantitative estimate of drug-likeness (QED) is 0.823. The van der Waals surface area contributed by atoms with E-state index in [-0.39, 0.29) is 6.61 Å². The number of ether oxygens (including phenoxy) is 1. The minimum absolute atomic E-state index is 0.205. The number of aliphatic hydroxyl groups excluding tert-OH is 2. The first-order valence-electron chi connectivity index (χ1n) is 4.86. The summed E-state index contributed by atoms with van der Waals surface area (Å²) in [7, 11) is 1.59. The summed E-state index contributed by atoms with van der Waals surface area (Å²) in [6.07, 6.45) is -0.665. The van der Waals surface area contributed by atoms with Crippen LogP contribution in [0, 0.1) is 0 Å². The number of hydrogen-bond donors (Lipinski definition) is 2. The summed E-state index contributed by atoms with van der Waals surface area (Å²) in [5, 5.41) is 18.5. The van der Waals surface area contributed by atoms with Crippen LogP contribution in [0.4, 0.5) is 0 Å². The van der Waals surface area contributed by atoms with Crippen molar-refractivity contribution in [3.63, 3.8) is 0 Å². The van der Waals surface area contributed by atoms with Gasteiger partial charge >= 0.3 is 0 Å². The number of benzene rings is 1. The van der Waals surface area contributed by atoms with E-state index < -0.39 is 6.10 Å². The highest BCUT2D eigenvalue weighted by molar-refractivity contribution is 7.98. The molecule has 0 fully saturated rings. The average Bonchev–Trinajstić information content (AvgIpc) is 2.30.